The van der Waals surface area contributed by atoms with E-state index in [-0.39, 0.29) is 6.17 Å². The molecule has 102 valence electrons. The minimum atomic E-state index is 0.0609. The Bertz CT molecular complexity index is 711. The molecule has 0 spiro atoms. The summed E-state index contributed by atoms with van der Waals surface area (Å²) in [5.41, 5.74) is 1.98. The van der Waals surface area contributed by atoms with Crippen LogP contribution in [0.3, 0.4) is 0 Å². The third-order valence-electron chi connectivity index (χ3n) is 3.38. The highest BCUT2D eigenvalue weighted by atomic mass is 16.5. The summed E-state index contributed by atoms with van der Waals surface area (Å²) in [6.45, 7) is 0. The molecule has 0 saturated heterocycles. The molecule has 2 aromatic rings. The van der Waals surface area contributed by atoms with E-state index >= 15 is 0 Å². The number of hydrogen-bond acceptors (Lipinski definition) is 5. The van der Waals surface area contributed by atoms with E-state index < -0.39 is 0 Å². The van der Waals surface area contributed by atoms with Gasteiger partial charge in [-0.15, -0.1) is 0 Å². The summed E-state index contributed by atoms with van der Waals surface area (Å²) >= 11 is 0. The number of aromatic nitrogens is 2. The molecular formula is C15H16N4O. The van der Waals surface area contributed by atoms with Crippen molar-refractivity contribution < 1.29 is 4.74 Å². The highest BCUT2D eigenvalue weighted by Crippen LogP contribution is 2.15. The Morgan fingerprint density at radius 1 is 1.25 bits per heavy atom. The van der Waals surface area contributed by atoms with Gasteiger partial charge in [0.1, 0.15) is 18.2 Å². The van der Waals surface area contributed by atoms with Crippen LogP contribution in [0.2, 0.25) is 0 Å². The van der Waals surface area contributed by atoms with Gasteiger partial charge in [0.25, 0.3) is 0 Å². The van der Waals surface area contributed by atoms with E-state index in [9.17, 15) is 0 Å². The van der Waals surface area contributed by atoms with Crippen molar-refractivity contribution in [3.8, 4) is 5.75 Å². The Morgan fingerprint density at radius 2 is 2.05 bits per heavy atom. The van der Waals surface area contributed by atoms with Crippen LogP contribution in [0.5, 0.6) is 5.75 Å². The molecule has 0 amide bonds. The molecule has 0 aliphatic carbocycles. The zero-order chi connectivity index (χ0) is 13.9. The van der Waals surface area contributed by atoms with Crippen molar-refractivity contribution in [3.05, 3.63) is 53.1 Å². The van der Waals surface area contributed by atoms with Crippen LogP contribution >= 0.6 is 0 Å². The summed E-state index contributed by atoms with van der Waals surface area (Å²) < 4.78 is 5.17. The Labute approximate surface area is 117 Å². The number of likely N-dealkylation sites (N-methyl/N-ethyl adjacent to an activating group) is 1. The maximum absolute atomic E-state index is 5.17. The highest BCUT2D eigenvalue weighted by Gasteiger charge is 2.15. The Morgan fingerprint density at radius 3 is 2.80 bits per heavy atom. The van der Waals surface area contributed by atoms with E-state index in [1.165, 1.54) is 11.9 Å². The number of hydrogen-bond donors (Lipinski definition) is 0. The van der Waals surface area contributed by atoms with Gasteiger partial charge in [-0.1, -0.05) is 12.1 Å². The zero-order valence-corrected chi connectivity index (χ0v) is 11.5. The second-order valence-corrected chi connectivity index (χ2v) is 4.76. The minimum absolute atomic E-state index is 0.0609. The zero-order valence-electron chi connectivity index (χ0n) is 11.5. The fourth-order valence-electron chi connectivity index (χ4n) is 2.23. The van der Waals surface area contributed by atoms with E-state index in [1.54, 1.807) is 13.3 Å². The summed E-state index contributed by atoms with van der Waals surface area (Å²) in [6.07, 6.45) is 6.25. The summed E-state index contributed by atoms with van der Waals surface area (Å²) in [6, 6.07) is 8.07. The van der Waals surface area contributed by atoms with Crippen molar-refractivity contribution in [3.63, 3.8) is 0 Å². The molecule has 0 N–H and O–H groups in total. The second-order valence-electron chi connectivity index (χ2n) is 4.76. The summed E-state index contributed by atoms with van der Waals surface area (Å²) in [7, 11) is 3.69. The van der Waals surface area contributed by atoms with Crippen LogP contribution in [0.25, 0.3) is 6.20 Å². The molecule has 0 radical (unpaired) electrons. The smallest absolute Gasteiger partial charge is 0.161 e. The third-order valence-corrected chi connectivity index (χ3v) is 3.38. The van der Waals surface area contributed by atoms with Crippen LogP contribution in [-0.2, 0) is 6.42 Å². The lowest BCUT2D eigenvalue weighted by Gasteiger charge is -2.25. The molecule has 2 heterocycles. The topological polar surface area (TPSA) is 50.6 Å². The number of nitrogens with zero attached hydrogens (tertiary/aromatic N) is 4. The largest absolute Gasteiger partial charge is 0.497 e. The van der Waals surface area contributed by atoms with Gasteiger partial charge < -0.3 is 9.64 Å². The summed E-state index contributed by atoms with van der Waals surface area (Å²) in [5.74, 6) is 0.868. The Balaban J connectivity index is 1.86. The first kappa shape index (κ1) is 12.6. The molecule has 1 aliphatic heterocycles. The first-order valence-electron chi connectivity index (χ1n) is 6.47. The van der Waals surface area contributed by atoms with Crippen molar-refractivity contribution in [1.82, 2.24) is 14.9 Å². The maximum Gasteiger partial charge on any atom is 0.161 e. The SMILES string of the molecule is COc1ccc(CC2N=c3ncncc3=CN2C)cc1. The number of benzene rings is 1. The molecule has 0 bridgehead atoms. The van der Waals surface area contributed by atoms with Crippen LogP contribution < -0.4 is 15.4 Å². The average Bonchev–Trinajstić information content (AvgIpc) is 2.49. The molecular weight excluding hydrogens is 252 g/mol. The van der Waals surface area contributed by atoms with Crippen molar-refractivity contribution in [1.29, 1.82) is 0 Å². The molecule has 1 aromatic heterocycles. The van der Waals surface area contributed by atoms with Crippen molar-refractivity contribution in [2.24, 2.45) is 4.99 Å². The van der Waals surface area contributed by atoms with Gasteiger partial charge in [-0.2, -0.15) is 0 Å². The van der Waals surface area contributed by atoms with Gasteiger partial charge in [-0.25, -0.2) is 15.0 Å². The molecule has 1 atom stereocenters. The standard InChI is InChI=1S/C15H16N4O/c1-19-9-12-8-16-10-17-15(12)18-14(19)7-11-3-5-13(20-2)6-4-11/h3-6,8-10,14H,7H2,1-2H3. The molecule has 20 heavy (non-hydrogen) atoms. The number of fused-ring (bicyclic) bond motifs is 1. The minimum Gasteiger partial charge on any atom is -0.497 e. The van der Waals surface area contributed by atoms with Gasteiger partial charge >= 0.3 is 0 Å². The van der Waals surface area contributed by atoms with Crippen molar-refractivity contribution in [2.75, 3.05) is 14.2 Å². The summed E-state index contributed by atoms with van der Waals surface area (Å²) in [4.78, 5) is 15.0. The molecule has 0 fully saturated rings. The molecule has 1 aliphatic rings. The lowest BCUT2D eigenvalue weighted by Crippen LogP contribution is -2.42. The van der Waals surface area contributed by atoms with E-state index in [0.717, 1.165) is 22.9 Å². The van der Waals surface area contributed by atoms with Gasteiger partial charge in [-0.05, 0) is 17.7 Å². The van der Waals surface area contributed by atoms with E-state index in [0.29, 0.717) is 0 Å². The first-order chi connectivity index (χ1) is 9.76. The van der Waals surface area contributed by atoms with Gasteiger partial charge in [0.15, 0.2) is 5.49 Å². The van der Waals surface area contributed by atoms with Crippen LogP contribution in [0.4, 0.5) is 0 Å². The Hall–Kier alpha value is -2.43. The molecule has 5 nitrogen and oxygen atoms in total. The van der Waals surface area contributed by atoms with E-state index in [1.807, 2.05) is 25.4 Å². The normalized spacial score (nSPS) is 16.9. The number of methoxy groups -OCH3 is 1. The lowest BCUT2D eigenvalue weighted by molar-refractivity contribution is 0.350. The molecule has 1 unspecified atom stereocenters. The average molecular weight is 268 g/mol. The Kier molecular flexibility index (Phi) is 3.33. The van der Waals surface area contributed by atoms with Gasteiger partial charge in [0.05, 0.1) is 12.3 Å². The third kappa shape index (κ3) is 2.47. The van der Waals surface area contributed by atoms with Crippen LogP contribution in [0.15, 0.2) is 41.8 Å². The number of ether oxygens (including phenoxy) is 1. The van der Waals surface area contributed by atoms with Gasteiger partial charge in [0.2, 0.25) is 0 Å². The van der Waals surface area contributed by atoms with Gasteiger partial charge in [0, 0.05) is 25.9 Å². The molecule has 1 aromatic carbocycles. The monoisotopic (exact) mass is 268 g/mol. The van der Waals surface area contributed by atoms with E-state index in [2.05, 4.69) is 32.0 Å². The van der Waals surface area contributed by atoms with Crippen LogP contribution in [-0.4, -0.2) is 35.2 Å². The lowest BCUT2D eigenvalue weighted by atomic mass is 10.1. The predicted molar refractivity (Wildman–Crippen MR) is 75.5 cm³/mol. The van der Waals surface area contributed by atoms with Crippen LogP contribution in [0.1, 0.15) is 5.56 Å². The fourth-order valence-corrected chi connectivity index (χ4v) is 2.23. The quantitative estimate of drug-likeness (QED) is 0.806. The molecule has 0 saturated carbocycles. The maximum atomic E-state index is 5.17. The van der Waals surface area contributed by atoms with Crippen molar-refractivity contribution in [2.45, 2.75) is 12.6 Å². The predicted octanol–water partition coefficient (Wildman–Crippen LogP) is 0.357. The highest BCUT2D eigenvalue weighted by molar-refractivity contribution is 5.29. The number of rotatable bonds is 3. The molecule has 3 rings (SSSR count). The second kappa shape index (κ2) is 5.28. The summed E-state index contributed by atoms with van der Waals surface area (Å²) in [5, 5.41) is 0.959. The van der Waals surface area contributed by atoms with Gasteiger partial charge in [-0.3, -0.25) is 0 Å². The first-order valence-corrected chi connectivity index (χ1v) is 6.47. The fraction of sp³-hybridized carbons (Fsp3) is 0.267. The van der Waals surface area contributed by atoms with Crippen molar-refractivity contribution >= 4 is 6.20 Å². The molecule has 5 heteroatoms. The van der Waals surface area contributed by atoms with E-state index in [4.69, 9.17) is 4.74 Å². The van der Waals surface area contributed by atoms with Crippen LogP contribution in [0, 0.1) is 0 Å².